The summed E-state index contributed by atoms with van der Waals surface area (Å²) in [5.41, 5.74) is 1.51. The number of likely N-dealkylation sites (N-methyl/N-ethyl adjacent to an activating group) is 1. The zero-order valence-electron chi connectivity index (χ0n) is 15.0. The molecule has 140 valence electrons. The topological polar surface area (TPSA) is 62.1 Å². The number of phenolic OH excluding ortho intramolecular Hbond substituents is 1. The fourth-order valence-electron chi connectivity index (χ4n) is 2.54. The molecule has 0 saturated carbocycles. The minimum absolute atomic E-state index is 0.0737. The number of thioether (sulfide) groups is 1. The van der Waals surface area contributed by atoms with Crippen LogP contribution in [0.15, 0.2) is 52.4 Å². The minimum atomic E-state index is -0.0961. The first-order chi connectivity index (χ1) is 13.0. The quantitative estimate of drug-likeness (QED) is 0.709. The average Bonchev–Trinajstić information content (AvgIpc) is 2.94. The molecule has 0 aliphatic carbocycles. The molecular weight excluding hydrogens is 384 g/mol. The SMILES string of the molecule is CCOc1cc(/C=C2/SC(=Nc3ccc(Cl)cc3)N(CC)C2=O)ccc1O. The first-order valence-electron chi connectivity index (χ1n) is 8.53. The number of ether oxygens (including phenoxy) is 1. The Bertz CT molecular complexity index is 910. The number of hydrogen-bond acceptors (Lipinski definition) is 5. The Morgan fingerprint density at radius 2 is 1.96 bits per heavy atom. The van der Waals surface area contributed by atoms with Crippen molar-refractivity contribution in [2.24, 2.45) is 4.99 Å². The number of hydrogen-bond donors (Lipinski definition) is 1. The maximum absolute atomic E-state index is 12.7. The normalized spacial score (nSPS) is 17.1. The zero-order chi connectivity index (χ0) is 19.4. The van der Waals surface area contributed by atoms with Gasteiger partial charge in [-0.15, -0.1) is 0 Å². The Balaban J connectivity index is 1.91. The lowest BCUT2D eigenvalue weighted by Gasteiger charge is -2.12. The molecule has 0 spiro atoms. The summed E-state index contributed by atoms with van der Waals surface area (Å²) in [5, 5.41) is 11.1. The van der Waals surface area contributed by atoms with E-state index >= 15 is 0 Å². The second kappa shape index (κ2) is 8.50. The van der Waals surface area contributed by atoms with E-state index in [1.807, 2.05) is 26.0 Å². The Morgan fingerprint density at radius 1 is 1.22 bits per heavy atom. The molecule has 0 unspecified atom stereocenters. The molecule has 3 rings (SSSR count). The van der Waals surface area contributed by atoms with Gasteiger partial charge in [0.05, 0.1) is 17.2 Å². The van der Waals surface area contributed by atoms with Crippen LogP contribution in [0.2, 0.25) is 5.02 Å². The highest BCUT2D eigenvalue weighted by Crippen LogP contribution is 2.35. The summed E-state index contributed by atoms with van der Waals surface area (Å²) in [4.78, 5) is 19.5. The summed E-state index contributed by atoms with van der Waals surface area (Å²) in [6.07, 6.45) is 1.78. The van der Waals surface area contributed by atoms with Gasteiger partial charge in [-0.05, 0) is 73.6 Å². The Morgan fingerprint density at radius 3 is 2.63 bits per heavy atom. The lowest BCUT2D eigenvalue weighted by Crippen LogP contribution is -2.28. The summed E-state index contributed by atoms with van der Waals surface area (Å²) >= 11 is 7.23. The second-order valence-corrected chi connectivity index (χ2v) is 7.14. The van der Waals surface area contributed by atoms with E-state index in [0.29, 0.717) is 34.0 Å². The molecule has 5 nitrogen and oxygen atoms in total. The predicted molar refractivity (Wildman–Crippen MR) is 111 cm³/mol. The van der Waals surface area contributed by atoms with E-state index < -0.39 is 0 Å². The van der Waals surface area contributed by atoms with E-state index in [4.69, 9.17) is 16.3 Å². The van der Waals surface area contributed by atoms with E-state index in [1.165, 1.54) is 11.8 Å². The van der Waals surface area contributed by atoms with Gasteiger partial charge in [-0.3, -0.25) is 9.69 Å². The van der Waals surface area contributed by atoms with Gasteiger partial charge in [0.2, 0.25) is 0 Å². The average molecular weight is 403 g/mol. The van der Waals surface area contributed by atoms with Crippen LogP contribution in [0.4, 0.5) is 5.69 Å². The molecule has 1 aliphatic rings. The fraction of sp³-hybridized carbons (Fsp3) is 0.200. The Kier molecular flexibility index (Phi) is 6.08. The van der Waals surface area contributed by atoms with Crippen molar-refractivity contribution in [1.29, 1.82) is 0 Å². The number of halogens is 1. The number of rotatable bonds is 5. The van der Waals surface area contributed by atoms with E-state index in [1.54, 1.807) is 41.3 Å². The van der Waals surface area contributed by atoms with E-state index in [0.717, 1.165) is 11.3 Å². The highest BCUT2D eigenvalue weighted by Gasteiger charge is 2.32. The first-order valence-corrected chi connectivity index (χ1v) is 9.72. The number of phenols is 1. The highest BCUT2D eigenvalue weighted by molar-refractivity contribution is 8.18. The number of aromatic hydroxyl groups is 1. The van der Waals surface area contributed by atoms with Crippen LogP contribution >= 0.6 is 23.4 Å². The van der Waals surface area contributed by atoms with Crippen LogP contribution in [0.1, 0.15) is 19.4 Å². The molecule has 1 amide bonds. The number of nitrogens with zero attached hydrogens (tertiary/aromatic N) is 2. The van der Waals surface area contributed by atoms with Crippen molar-refractivity contribution in [2.75, 3.05) is 13.2 Å². The van der Waals surface area contributed by atoms with Crippen LogP contribution in [0.25, 0.3) is 6.08 Å². The van der Waals surface area contributed by atoms with Crippen molar-refractivity contribution in [2.45, 2.75) is 13.8 Å². The lowest BCUT2D eigenvalue weighted by atomic mass is 10.2. The van der Waals surface area contributed by atoms with Gasteiger partial charge in [0.15, 0.2) is 16.7 Å². The molecule has 27 heavy (non-hydrogen) atoms. The summed E-state index contributed by atoms with van der Waals surface area (Å²) in [6.45, 7) is 4.73. The van der Waals surface area contributed by atoms with Gasteiger partial charge in [0.25, 0.3) is 5.91 Å². The molecule has 7 heteroatoms. The highest BCUT2D eigenvalue weighted by atomic mass is 35.5. The van der Waals surface area contributed by atoms with E-state index in [9.17, 15) is 9.90 Å². The molecule has 2 aromatic carbocycles. The lowest BCUT2D eigenvalue weighted by molar-refractivity contribution is -0.122. The molecule has 0 bridgehead atoms. The summed E-state index contributed by atoms with van der Waals surface area (Å²) in [7, 11) is 0. The standard InChI is InChI=1S/C20H19ClN2O3S/c1-3-23-19(25)18(12-13-5-10-16(24)17(11-13)26-4-2)27-20(23)22-15-8-6-14(21)7-9-15/h5-12,24H,3-4H2,1-2H3/b18-12+,22-20?. The first kappa shape index (κ1) is 19.3. The molecule has 1 heterocycles. The molecule has 0 atom stereocenters. The van der Waals surface area contributed by atoms with Gasteiger partial charge >= 0.3 is 0 Å². The van der Waals surface area contributed by atoms with Gasteiger partial charge < -0.3 is 9.84 Å². The van der Waals surface area contributed by atoms with Crippen LogP contribution in [0.5, 0.6) is 11.5 Å². The molecule has 1 N–H and O–H groups in total. The molecule has 1 fully saturated rings. The maximum atomic E-state index is 12.7. The molecule has 1 saturated heterocycles. The van der Waals surface area contributed by atoms with Crippen molar-refractivity contribution in [3.05, 3.63) is 58.0 Å². The molecule has 1 aliphatic heterocycles. The molecule has 2 aromatic rings. The van der Waals surface area contributed by atoms with Crippen molar-refractivity contribution in [1.82, 2.24) is 4.90 Å². The number of benzene rings is 2. The largest absolute Gasteiger partial charge is 0.504 e. The van der Waals surface area contributed by atoms with Crippen LogP contribution in [0, 0.1) is 0 Å². The van der Waals surface area contributed by atoms with Gasteiger partial charge in [0, 0.05) is 11.6 Å². The number of carbonyl (C=O) groups excluding carboxylic acids is 1. The third kappa shape index (κ3) is 4.46. The van der Waals surface area contributed by atoms with Crippen molar-refractivity contribution >= 4 is 46.2 Å². The van der Waals surface area contributed by atoms with E-state index in [2.05, 4.69) is 4.99 Å². The number of amides is 1. The zero-order valence-corrected chi connectivity index (χ0v) is 16.5. The van der Waals surface area contributed by atoms with Crippen LogP contribution in [-0.4, -0.2) is 34.2 Å². The van der Waals surface area contributed by atoms with Gasteiger partial charge in [-0.2, -0.15) is 0 Å². The fourth-order valence-corrected chi connectivity index (χ4v) is 3.73. The van der Waals surface area contributed by atoms with Gasteiger partial charge in [0.1, 0.15) is 0 Å². The molecule has 0 aromatic heterocycles. The maximum Gasteiger partial charge on any atom is 0.266 e. The van der Waals surface area contributed by atoms with Crippen LogP contribution < -0.4 is 4.74 Å². The smallest absolute Gasteiger partial charge is 0.266 e. The van der Waals surface area contributed by atoms with Crippen LogP contribution in [-0.2, 0) is 4.79 Å². The predicted octanol–water partition coefficient (Wildman–Crippen LogP) is 5.07. The summed E-state index contributed by atoms with van der Waals surface area (Å²) in [5.74, 6) is 0.371. The third-order valence-corrected chi connectivity index (χ3v) is 5.10. The molecular formula is C20H19ClN2O3S. The van der Waals surface area contributed by atoms with Gasteiger partial charge in [-0.25, -0.2) is 4.99 Å². The monoisotopic (exact) mass is 402 g/mol. The second-order valence-electron chi connectivity index (χ2n) is 5.69. The number of aliphatic imine (C=N–C) groups is 1. The van der Waals surface area contributed by atoms with Crippen LogP contribution in [0.3, 0.4) is 0 Å². The van der Waals surface area contributed by atoms with Crippen molar-refractivity contribution < 1.29 is 14.6 Å². The number of carbonyl (C=O) groups is 1. The Hall–Kier alpha value is -2.44. The van der Waals surface area contributed by atoms with Crippen molar-refractivity contribution in [3.8, 4) is 11.5 Å². The van der Waals surface area contributed by atoms with Gasteiger partial charge in [-0.1, -0.05) is 17.7 Å². The van der Waals surface area contributed by atoms with E-state index in [-0.39, 0.29) is 11.7 Å². The summed E-state index contributed by atoms with van der Waals surface area (Å²) < 4.78 is 5.40. The Labute approximate surface area is 167 Å². The number of amidine groups is 1. The summed E-state index contributed by atoms with van der Waals surface area (Å²) in [6, 6.07) is 12.2. The minimum Gasteiger partial charge on any atom is -0.504 e. The molecule has 0 radical (unpaired) electrons. The van der Waals surface area contributed by atoms with Crippen molar-refractivity contribution in [3.63, 3.8) is 0 Å². The third-order valence-electron chi connectivity index (χ3n) is 3.84.